The van der Waals surface area contributed by atoms with E-state index >= 15 is 0 Å². The zero-order valence-electron chi connectivity index (χ0n) is 6.27. The molecule has 0 aromatic carbocycles. The zero-order valence-corrected chi connectivity index (χ0v) is 7.09. The molecule has 62 valence electrons. The van der Waals surface area contributed by atoms with Gasteiger partial charge in [-0.2, -0.15) is 5.10 Å². The maximum absolute atomic E-state index is 11.0. The molecule has 2 N–H and O–H groups in total. The van der Waals surface area contributed by atoms with Crippen LogP contribution >= 0.6 is 0 Å². The Hall–Kier alpha value is -1.04. The number of sulfone groups is 1. The monoisotopic (exact) mass is 175 g/mol. The first kappa shape index (κ1) is 8.06. The Bertz CT molecular complexity index is 346. The Morgan fingerprint density at radius 1 is 1.64 bits per heavy atom. The number of anilines is 1. The summed E-state index contributed by atoms with van der Waals surface area (Å²) in [5, 5.41) is 3.76. The van der Waals surface area contributed by atoms with Crippen LogP contribution in [-0.2, 0) is 16.9 Å². The zero-order chi connectivity index (χ0) is 8.65. The standard InChI is InChI=1S/C5H9N3O2S/c1-8-5(11(2,9)10)4(6)3-7-8/h3H,6H2,1-2H3. The first-order valence-corrected chi connectivity index (χ1v) is 4.79. The smallest absolute Gasteiger partial charge is 0.194 e. The molecule has 5 nitrogen and oxygen atoms in total. The van der Waals surface area contributed by atoms with Crippen LogP contribution in [0.5, 0.6) is 0 Å². The maximum Gasteiger partial charge on any atom is 0.194 e. The van der Waals surface area contributed by atoms with Gasteiger partial charge in [-0.15, -0.1) is 0 Å². The van der Waals surface area contributed by atoms with Gasteiger partial charge in [0.05, 0.1) is 11.9 Å². The molecule has 0 unspecified atom stereocenters. The highest BCUT2D eigenvalue weighted by molar-refractivity contribution is 7.90. The van der Waals surface area contributed by atoms with Crippen LogP contribution in [0.25, 0.3) is 0 Å². The Morgan fingerprint density at radius 3 is 2.36 bits per heavy atom. The van der Waals surface area contributed by atoms with E-state index in [1.807, 2.05) is 0 Å². The number of aryl methyl sites for hydroxylation is 1. The fraction of sp³-hybridized carbons (Fsp3) is 0.400. The molecule has 0 aliphatic heterocycles. The summed E-state index contributed by atoms with van der Waals surface area (Å²) in [4.78, 5) is 0. The van der Waals surface area contributed by atoms with Crippen molar-refractivity contribution in [2.75, 3.05) is 12.0 Å². The normalized spacial score (nSPS) is 11.8. The molecule has 0 aliphatic rings. The summed E-state index contributed by atoms with van der Waals surface area (Å²) in [7, 11) is -1.71. The van der Waals surface area contributed by atoms with Gasteiger partial charge in [0, 0.05) is 13.3 Å². The highest BCUT2D eigenvalue weighted by Gasteiger charge is 2.15. The van der Waals surface area contributed by atoms with Gasteiger partial charge in [-0.3, -0.25) is 4.68 Å². The van der Waals surface area contributed by atoms with Gasteiger partial charge >= 0.3 is 0 Å². The summed E-state index contributed by atoms with van der Waals surface area (Å²) in [6, 6.07) is 0. The Labute approximate surface area is 64.7 Å². The van der Waals surface area contributed by atoms with E-state index in [4.69, 9.17) is 5.73 Å². The predicted molar refractivity (Wildman–Crippen MR) is 40.7 cm³/mol. The molecule has 6 heteroatoms. The van der Waals surface area contributed by atoms with Crippen molar-refractivity contribution in [3.05, 3.63) is 6.20 Å². The third kappa shape index (κ3) is 1.35. The number of rotatable bonds is 1. The SMILES string of the molecule is Cn1ncc(N)c1S(C)(=O)=O. The molecule has 1 aromatic rings. The average molecular weight is 175 g/mol. The molecular formula is C5H9N3O2S. The third-order valence-corrected chi connectivity index (χ3v) is 2.46. The third-order valence-electron chi connectivity index (χ3n) is 1.26. The van der Waals surface area contributed by atoms with Gasteiger partial charge in [-0.1, -0.05) is 0 Å². The van der Waals surface area contributed by atoms with Crippen LogP contribution in [0.2, 0.25) is 0 Å². The lowest BCUT2D eigenvalue weighted by Crippen LogP contribution is -2.07. The van der Waals surface area contributed by atoms with E-state index in [1.54, 1.807) is 0 Å². The molecule has 1 rings (SSSR count). The molecule has 0 radical (unpaired) electrons. The van der Waals surface area contributed by atoms with E-state index in [0.717, 1.165) is 6.26 Å². The van der Waals surface area contributed by atoms with Crippen LogP contribution in [0.4, 0.5) is 5.69 Å². The fourth-order valence-corrected chi connectivity index (χ4v) is 1.91. The number of nitrogens with zero attached hydrogens (tertiary/aromatic N) is 2. The topological polar surface area (TPSA) is 78.0 Å². The number of hydrogen-bond acceptors (Lipinski definition) is 4. The molecule has 11 heavy (non-hydrogen) atoms. The average Bonchev–Trinajstić information content (AvgIpc) is 2.08. The van der Waals surface area contributed by atoms with E-state index < -0.39 is 9.84 Å². The summed E-state index contributed by atoms with van der Waals surface area (Å²) in [6.45, 7) is 0. The molecule has 0 bridgehead atoms. The second-order valence-electron chi connectivity index (χ2n) is 2.30. The highest BCUT2D eigenvalue weighted by atomic mass is 32.2. The number of hydrogen-bond donors (Lipinski definition) is 1. The molecule has 0 saturated heterocycles. The first-order valence-electron chi connectivity index (χ1n) is 2.90. The van der Waals surface area contributed by atoms with Crippen molar-refractivity contribution in [3.8, 4) is 0 Å². The first-order chi connectivity index (χ1) is 4.93. The Kier molecular flexibility index (Phi) is 1.63. The maximum atomic E-state index is 11.0. The molecule has 1 aromatic heterocycles. The van der Waals surface area contributed by atoms with Crippen molar-refractivity contribution in [3.63, 3.8) is 0 Å². The van der Waals surface area contributed by atoms with Crippen molar-refractivity contribution < 1.29 is 8.42 Å². The molecule has 0 amide bonds. The number of nitrogen functional groups attached to an aromatic ring is 1. The summed E-state index contributed by atoms with van der Waals surface area (Å²) in [6.07, 6.45) is 2.41. The van der Waals surface area contributed by atoms with E-state index in [2.05, 4.69) is 5.10 Å². The van der Waals surface area contributed by atoms with Crippen molar-refractivity contribution >= 4 is 15.5 Å². The highest BCUT2D eigenvalue weighted by Crippen LogP contribution is 2.15. The Balaban J connectivity index is 3.45. The molecule has 0 spiro atoms. The van der Waals surface area contributed by atoms with Gasteiger partial charge in [-0.05, 0) is 0 Å². The second-order valence-corrected chi connectivity index (χ2v) is 4.23. The summed E-state index contributed by atoms with van der Waals surface area (Å²) >= 11 is 0. The molecular weight excluding hydrogens is 166 g/mol. The summed E-state index contributed by atoms with van der Waals surface area (Å²) in [5.74, 6) is 0. The molecule has 0 saturated carbocycles. The van der Waals surface area contributed by atoms with E-state index in [-0.39, 0.29) is 10.7 Å². The van der Waals surface area contributed by atoms with Gasteiger partial charge < -0.3 is 5.73 Å². The van der Waals surface area contributed by atoms with Crippen LogP contribution < -0.4 is 5.73 Å². The van der Waals surface area contributed by atoms with Crippen LogP contribution in [0, 0.1) is 0 Å². The van der Waals surface area contributed by atoms with E-state index in [1.165, 1.54) is 17.9 Å². The second kappa shape index (κ2) is 2.23. The van der Waals surface area contributed by atoms with Crippen LogP contribution in [0.1, 0.15) is 0 Å². The van der Waals surface area contributed by atoms with Crippen molar-refractivity contribution in [2.24, 2.45) is 7.05 Å². The predicted octanol–water partition coefficient (Wildman–Crippen LogP) is -0.594. The van der Waals surface area contributed by atoms with Gasteiger partial charge in [0.1, 0.15) is 0 Å². The molecule has 1 heterocycles. The van der Waals surface area contributed by atoms with Gasteiger partial charge in [0.2, 0.25) is 0 Å². The van der Waals surface area contributed by atoms with Crippen molar-refractivity contribution in [1.29, 1.82) is 0 Å². The largest absolute Gasteiger partial charge is 0.395 e. The molecule has 0 fully saturated rings. The van der Waals surface area contributed by atoms with Crippen LogP contribution in [0.3, 0.4) is 0 Å². The fourth-order valence-electron chi connectivity index (χ4n) is 0.897. The number of aromatic nitrogens is 2. The van der Waals surface area contributed by atoms with E-state index in [0.29, 0.717) is 0 Å². The summed E-state index contributed by atoms with van der Waals surface area (Å²) in [5.41, 5.74) is 5.55. The minimum atomic E-state index is -3.25. The lowest BCUT2D eigenvalue weighted by Gasteiger charge is -1.98. The minimum absolute atomic E-state index is 0.0671. The lowest BCUT2D eigenvalue weighted by atomic mass is 10.6. The molecule has 0 atom stereocenters. The van der Waals surface area contributed by atoms with Gasteiger partial charge in [-0.25, -0.2) is 8.42 Å². The van der Waals surface area contributed by atoms with Gasteiger partial charge in [0.15, 0.2) is 14.9 Å². The van der Waals surface area contributed by atoms with Gasteiger partial charge in [0.25, 0.3) is 0 Å². The van der Waals surface area contributed by atoms with Crippen LogP contribution in [-0.4, -0.2) is 24.5 Å². The number of nitrogens with two attached hydrogens (primary N) is 1. The molecule has 0 aliphatic carbocycles. The lowest BCUT2D eigenvalue weighted by molar-refractivity contribution is 0.583. The Morgan fingerprint density at radius 2 is 2.18 bits per heavy atom. The minimum Gasteiger partial charge on any atom is -0.395 e. The van der Waals surface area contributed by atoms with Crippen molar-refractivity contribution in [1.82, 2.24) is 9.78 Å². The van der Waals surface area contributed by atoms with Crippen molar-refractivity contribution in [2.45, 2.75) is 5.03 Å². The van der Waals surface area contributed by atoms with Crippen LogP contribution in [0.15, 0.2) is 11.2 Å². The quantitative estimate of drug-likeness (QED) is 0.618. The van der Waals surface area contributed by atoms with E-state index in [9.17, 15) is 8.42 Å². The summed E-state index contributed by atoms with van der Waals surface area (Å²) < 4.78 is 23.2.